The van der Waals surface area contributed by atoms with Crippen LogP contribution in [0.2, 0.25) is 0 Å². The normalized spacial score (nSPS) is 25.8. The van der Waals surface area contributed by atoms with Crippen molar-refractivity contribution in [2.24, 2.45) is 11.8 Å². The Hall–Kier alpha value is -2.55. The first-order valence-corrected chi connectivity index (χ1v) is 10.3. The van der Waals surface area contributed by atoms with E-state index in [0.29, 0.717) is 17.4 Å². The van der Waals surface area contributed by atoms with Gasteiger partial charge in [0.05, 0.1) is 35.5 Å². The number of hydrogen-bond acceptors (Lipinski definition) is 4. The van der Waals surface area contributed by atoms with Crippen LogP contribution in [0.3, 0.4) is 0 Å². The molecule has 2 aliphatic rings. The Labute approximate surface area is 166 Å². The van der Waals surface area contributed by atoms with Gasteiger partial charge >= 0.3 is 6.09 Å². The molecule has 2 fully saturated rings. The van der Waals surface area contributed by atoms with E-state index in [1.54, 1.807) is 6.07 Å². The molecule has 0 unspecified atom stereocenters. The fraction of sp³-hybridized carbons (Fsp3) is 0.591. The molecule has 1 saturated carbocycles. The molecule has 1 spiro atoms. The summed E-state index contributed by atoms with van der Waals surface area (Å²) in [7, 11) is 0. The van der Waals surface area contributed by atoms with Crippen molar-refractivity contribution in [3.05, 3.63) is 30.1 Å². The average molecular weight is 380 g/mol. The zero-order chi connectivity index (χ0) is 19.7. The van der Waals surface area contributed by atoms with Gasteiger partial charge in [0.15, 0.2) is 0 Å². The Balaban J connectivity index is 1.48. The van der Waals surface area contributed by atoms with Gasteiger partial charge in [-0.3, -0.25) is 0 Å². The maximum Gasteiger partial charge on any atom is 0.410 e. The van der Waals surface area contributed by atoms with Crippen molar-refractivity contribution >= 4 is 17.1 Å². The SMILES string of the molecule is CC[C@H](C)CN1C[C@@]2(CCC[C@H](Cn3cnc4ccc(C#N)cc43)C2)OC1=O. The van der Waals surface area contributed by atoms with E-state index in [1.807, 2.05) is 23.4 Å². The number of amides is 1. The van der Waals surface area contributed by atoms with Gasteiger partial charge in [0.25, 0.3) is 0 Å². The topological polar surface area (TPSA) is 71.2 Å². The van der Waals surface area contributed by atoms with Crippen LogP contribution in [-0.4, -0.2) is 39.2 Å². The second kappa shape index (κ2) is 7.46. The first-order valence-electron chi connectivity index (χ1n) is 10.3. The monoisotopic (exact) mass is 380 g/mol. The lowest BCUT2D eigenvalue weighted by atomic mass is 9.78. The van der Waals surface area contributed by atoms with Crippen LogP contribution in [-0.2, 0) is 11.3 Å². The predicted octanol–water partition coefficient (Wildman–Crippen LogP) is 4.34. The highest BCUT2D eigenvalue weighted by molar-refractivity contribution is 5.77. The van der Waals surface area contributed by atoms with E-state index >= 15 is 0 Å². The minimum absolute atomic E-state index is 0.146. The van der Waals surface area contributed by atoms with Crippen molar-refractivity contribution < 1.29 is 9.53 Å². The van der Waals surface area contributed by atoms with Gasteiger partial charge in [0.2, 0.25) is 0 Å². The Morgan fingerprint density at radius 2 is 2.32 bits per heavy atom. The van der Waals surface area contributed by atoms with Crippen LogP contribution in [0, 0.1) is 23.2 Å². The van der Waals surface area contributed by atoms with E-state index in [0.717, 1.165) is 62.8 Å². The number of fused-ring (bicyclic) bond motifs is 1. The molecule has 1 aromatic carbocycles. The predicted molar refractivity (Wildman–Crippen MR) is 107 cm³/mol. The minimum atomic E-state index is -0.332. The molecule has 2 aromatic rings. The lowest BCUT2D eigenvalue weighted by Crippen LogP contribution is -2.41. The van der Waals surface area contributed by atoms with Gasteiger partial charge in [-0.2, -0.15) is 5.26 Å². The maximum absolute atomic E-state index is 12.4. The number of hydrogen-bond donors (Lipinski definition) is 0. The molecule has 6 nitrogen and oxygen atoms in total. The number of rotatable bonds is 5. The molecular formula is C22H28N4O2. The third-order valence-corrected chi connectivity index (χ3v) is 6.38. The molecule has 28 heavy (non-hydrogen) atoms. The maximum atomic E-state index is 12.4. The number of carbonyl (C=O) groups is 1. The fourth-order valence-electron chi connectivity index (χ4n) is 4.72. The van der Waals surface area contributed by atoms with Crippen molar-refractivity contribution in [2.75, 3.05) is 13.1 Å². The van der Waals surface area contributed by atoms with Crippen molar-refractivity contribution in [2.45, 2.75) is 58.1 Å². The standard InChI is InChI=1S/C22H28N4O2/c1-3-16(2)12-25-14-22(28-21(25)27)8-4-5-18(10-22)13-26-15-24-19-7-6-17(11-23)9-20(19)26/h6-7,9,15-16,18H,3-5,8,10,12-14H2,1-2H3/t16-,18-,22-/m0/s1. The summed E-state index contributed by atoms with van der Waals surface area (Å²) < 4.78 is 8.09. The largest absolute Gasteiger partial charge is 0.441 e. The van der Waals surface area contributed by atoms with E-state index in [1.165, 1.54) is 0 Å². The number of imidazole rings is 1. The lowest BCUT2D eigenvalue weighted by molar-refractivity contribution is 0.00414. The second-order valence-electron chi connectivity index (χ2n) is 8.62. The molecule has 6 heteroatoms. The van der Waals surface area contributed by atoms with Crippen molar-refractivity contribution in [1.82, 2.24) is 14.5 Å². The number of nitrogens with zero attached hydrogens (tertiary/aromatic N) is 4. The van der Waals surface area contributed by atoms with Crippen molar-refractivity contribution in [1.29, 1.82) is 5.26 Å². The van der Waals surface area contributed by atoms with Crippen LogP contribution in [0.1, 0.15) is 51.5 Å². The molecular weight excluding hydrogens is 352 g/mol. The molecule has 1 aliphatic heterocycles. The summed E-state index contributed by atoms with van der Waals surface area (Å²) in [6.45, 7) is 6.68. The van der Waals surface area contributed by atoms with Gasteiger partial charge in [0.1, 0.15) is 5.60 Å². The van der Waals surface area contributed by atoms with Crippen molar-refractivity contribution in [3.63, 3.8) is 0 Å². The van der Waals surface area contributed by atoms with Crippen LogP contribution >= 0.6 is 0 Å². The van der Waals surface area contributed by atoms with Gasteiger partial charge < -0.3 is 14.2 Å². The molecule has 1 aromatic heterocycles. The van der Waals surface area contributed by atoms with E-state index in [4.69, 9.17) is 4.74 Å². The second-order valence-corrected chi connectivity index (χ2v) is 8.62. The number of nitriles is 1. The number of benzene rings is 1. The van der Waals surface area contributed by atoms with Crippen LogP contribution in [0.5, 0.6) is 0 Å². The Bertz CT molecular complexity index is 915. The zero-order valence-corrected chi connectivity index (χ0v) is 16.7. The number of aromatic nitrogens is 2. The van der Waals surface area contributed by atoms with Gasteiger partial charge in [-0.25, -0.2) is 9.78 Å². The Kier molecular flexibility index (Phi) is 5.01. The summed E-state index contributed by atoms with van der Waals surface area (Å²) >= 11 is 0. The lowest BCUT2D eigenvalue weighted by Gasteiger charge is -2.36. The third-order valence-electron chi connectivity index (χ3n) is 6.38. The molecule has 148 valence electrons. The van der Waals surface area contributed by atoms with E-state index in [2.05, 4.69) is 29.5 Å². The highest BCUT2D eigenvalue weighted by Gasteiger charge is 2.48. The summed E-state index contributed by atoms with van der Waals surface area (Å²) in [5.74, 6) is 0.932. The van der Waals surface area contributed by atoms with Crippen molar-refractivity contribution in [3.8, 4) is 6.07 Å². The quantitative estimate of drug-likeness (QED) is 0.774. The number of carbonyl (C=O) groups excluding carboxylic acids is 1. The molecule has 1 amide bonds. The first kappa shape index (κ1) is 18.8. The average Bonchev–Trinajstić information content (AvgIpc) is 3.22. The molecule has 0 radical (unpaired) electrons. The van der Waals surface area contributed by atoms with E-state index in [9.17, 15) is 10.1 Å². The molecule has 4 rings (SSSR count). The highest BCUT2D eigenvalue weighted by Crippen LogP contribution is 2.41. The smallest absolute Gasteiger partial charge is 0.410 e. The molecule has 3 atom stereocenters. The summed E-state index contributed by atoms with van der Waals surface area (Å²) in [5.41, 5.74) is 2.23. The summed E-state index contributed by atoms with van der Waals surface area (Å²) in [5, 5.41) is 9.18. The fourth-order valence-corrected chi connectivity index (χ4v) is 4.72. The van der Waals surface area contributed by atoms with Crippen LogP contribution in [0.4, 0.5) is 4.79 Å². The molecule has 2 heterocycles. The first-order chi connectivity index (χ1) is 13.5. The Morgan fingerprint density at radius 1 is 1.46 bits per heavy atom. The van der Waals surface area contributed by atoms with Gasteiger partial charge in [-0.1, -0.05) is 20.3 Å². The molecule has 1 aliphatic carbocycles. The minimum Gasteiger partial charge on any atom is -0.441 e. The highest BCUT2D eigenvalue weighted by atomic mass is 16.6. The summed E-state index contributed by atoms with van der Waals surface area (Å²) in [6, 6.07) is 7.82. The summed E-state index contributed by atoms with van der Waals surface area (Å²) in [4.78, 5) is 18.8. The van der Waals surface area contributed by atoms with Crippen LogP contribution < -0.4 is 0 Å². The molecule has 0 N–H and O–H groups in total. The Morgan fingerprint density at radius 3 is 3.11 bits per heavy atom. The molecule has 1 saturated heterocycles. The van der Waals surface area contributed by atoms with E-state index in [-0.39, 0.29) is 11.7 Å². The van der Waals surface area contributed by atoms with Crippen LogP contribution in [0.15, 0.2) is 24.5 Å². The van der Waals surface area contributed by atoms with Crippen LogP contribution in [0.25, 0.3) is 11.0 Å². The van der Waals surface area contributed by atoms with Gasteiger partial charge in [-0.15, -0.1) is 0 Å². The zero-order valence-electron chi connectivity index (χ0n) is 16.7. The molecule has 0 bridgehead atoms. The van der Waals surface area contributed by atoms with E-state index < -0.39 is 0 Å². The van der Waals surface area contributed by atoms with Gasteiger partial charge in [0, 0.05) is 13.1 Å². The summed E-state index contributed by atoms with van der Waals surface area (Å²) in [6.07, 6.45) is 6.84. The van der Waals surface area contributed by atoms with Gasteiger partial charge in [-0.05, 0) is 55.7 Å². The number of ether oxygens (including phenoxy) is 1. The third kappa shape index (κ3) is 3.58.